The van der Waals surface area contributed by atoms with Crippen LogP contribution in [0.5, 0.6) is 0 Å². The second-order valence-electron chi connectivity index (χ2n) is 8.56. The summed E-state index contributed by atoms with van der Waals surface area (Å²) in [6, 6.07) is 1.13. The molecule has 6 nitrogen and oxygen atoms in total. The van der Waals surface area contributed by atoms with Gasteiger partial charge in [0, 0.05) is 53.8 Å². The predicted octanol–water partition coefficient (Wildman–Crippen LogP) is 3.80. The fourth-order valence-electron chi connectivity index (χ4n) is 5.33. The number of nitrogens with one attached hydrogen (secondary N) is 3. The normalized spacial score (nSPS) is 28.5. The Hall–Kier alpha value is -2.05. The first kappa shape index (κ1) is 18.0. The van der Waals surface area contributed by atoms with Gasteiger partial charge in [0.15, 0.2) is 0 Å². The van der Waals surface area contributed by atoms with Crippen LogP contribution in [0, 0.1) is 12.8 Å². The van der Waals surface area contributed by atoms with Crippen molar-refractivity contribution in [3.8, 4) is 11.1 Å². The van der Waals surface area contributed by atoms with Crippen molar-refractivity contribution in [3.05, 3.63) is 29.2 Å². The SMILES string of the molecule is Cc1[nH]ncc1-c1c[nH]c2c1C=C(C1CCC(N3CCOCC3)CC1)C(C)N2. The Morgan fingerprint density at radius 1 is 1.11 bits per heavy atom. The number of aromatic amines is 2. The van der Waals surface area contributed by atoms with Crippen molar-refractivity contribution in [2.24, 2.45) is 5.92 Å². The van der Waals surface area contributed by atoms with Crippen LogP contribution in [0.15, 0.2) is 18.0 Å². The Kier molecular flexibility index (Phi) is 4.77. The van der Waals surface area contributed by atoms with Gasteiger partial charge >= 0.3 is 0 Å². The maximum absolute atomic E-state index is 5.53. The van der Waals surface area contributed by atoms with E-state index in [1.807, 2.05) is 6.20 Å². The molecule has 1 unspecified atom stereocenters. The Morgan fingerprint density at radius 2 is 1.89 bits per heavy atom. The molecule has 2 aliphatic heterocycles. The van der Waals surface area contributed by atoms with Gasteiger partial charge in [0.1, 0.15) is 5.82 Å². The van der Waals surface area contributed by atoms with Gasteiger partial charge in [-0.05, 0) is 57.1 Å². The van der Waals surface area contributed by atoms with Crippen LogP contribution in [0.4, 0.5) is 5.82 Å². The lowest BCUT2D eigenvalue weighted by molar-refractivity contribution is 0.00604. The first-order chi connectivity index (χ1) is 13.7. The molecule has 2 aromatic rings. The van der Waals surface area contributed by atoms with Gasteiger partial charge in [0.25, 0.3) is 0 Å². The van der Waals surface area contributed by atoms with Gasteiger partial charge in [-0.25, -0.2) is 0 Å². The van der Waals surface area contributed by atoms with E-state index in [1.165, 1.54) is 42.4 Å². The number of aryl methyl sites for hydroxylation is 1. The molecule has 0 bridgehead atoms. The Morgan fingerprint density at radius 3 is 2.61 bits per heavy atom. The molecule has 4 heterocycles. The molecular formula is C22H31N5O. The number of morpholine rings is 1. The van der Waals surface area contributed by atoms with Crippen molar-refractivity contribution in [1.29, 1.82) is 0 Å². The second kappa shape index (κ2) is 7.41. The molecule has 1 aliphatic carbocycles. The van der Waals surface area contributed by atoms with E-state index in [1.54, 1.807) is 5.57 Å². The summed E-state index contributed by atoms with van der Waals surface area (Å²) in [6.07, 6.45) is 11.7. The lowest BCUT2D eigenvalue weighted by Gasteiger charge is -2.40. The van der Waals surface area contributed by atoms with E-state index in [0.717, 1.165) is 43.9 Å². The van der Waals surface area contributed by atoms with Crippen molar-refractivity contribution in [1.82, 2.24) is 20.1 Å². The van der Waals surface area contributed by atoms with Gasteiger partial charge in [-0.2, -0.15) is 5.10 Å². The number of hydrogen-bond donors (Lipinski definition) is 3. The third kappa shape index (κ3) is 3.18. The minimum atomic E-state index is 0.384. The molecule has 0 aromatic carbocycles. The van der Waals surface area contributed by atoms with Gasteiger partial charge in [-0.1, -0.05) is 0 Å². The third-order valence-corrected chi connectivity index (χ3v) is 6.94. The first-order valence-corrected chi connectivity index (χ1v) is 10.7. The molecule has 28 heavy (non-hydrogen) atoms. The van der Waals surface area contributed by atoms with Crippen molar-refractivity contribution in [3.63, 3.8) is 0 Å². The van der Waals surface area contributed by atoms with E-state index in [4.69, 9.17) is 4.74 Å². The number of fused-ring (bicyclic) bond motifs is 1. The zero-order chi connectivity index (χ0) is 19.1. The predicted molar refractivity (Wildman–Crippen MR) is 112 cm³/mol. The maximum Gasteiger partial charge on any atom is 0.111 e. The number of nitrogens with zero attached hydrogens (tertiary/aromatic N) is 2. The highest BCUT2D eigenvalue weighted by molar-refractivity contribution is 5.85. The zero-order valence-electron chi connectivity index (χ0n) is 16.9. The Labute approximate surface area is 166 Å². The van der Waals surface area contributed by atoms with Crippen LogP contribution in [-0.2, 0) is 4.74 Å². The van der Waals surface area contributed by atoms with E-state index in [-0.39, 0.29) is 0 Å². The topological polar surface area (TPSA) is 69.0 Å². The summed E-state index contributed by atoms with van der Waals surface area (Å²) in [6.45, 7) is 8.40. The maximum atomic E-state index is 5.53. The van der Waals surface area contributed by atoms with Crippen molar-refractivity contribution in [2.45, 2.75) is 51.6 Å². The molecule has 2 fully saturated rings. The van der Waals surface area contributed by atoms with E-state index in [0.29, 0.717) is 12.0 Å². The number of aromatic nitrogens is 3. The molecule has 3 aliphatic rings. The summed E-state index contributed by atoms with van der Waals surface area (Å²) < 4.78 is 5.53. The number of H-pyrrole nitrogens is 2. The highest BCUT2D eigenvalue weighted by Gasteiger charge is 2.32. The van der Waals surface area contributed by atoms with Crippen LogP contribution in [0.3, 0.4) is 0 Å². The second-order valence-corrected chi connectivity index (χ2v) is 8.56. The molecule has 0 amide bonds. The third-order valence-electron chi connectivity index (χ3n) is 6.94. The van der Waals surface area contributed by atoms with Crippen LogP contribution >= 0.6 is 0 Å². The Bertz CT molecular complexity index is 852. The van der Waals surface area contributed by atoms with Crippen molar-refractivity contribution in [2.75, 3.05) is 31.6 Å². The fraction of sp³-hybridized carbons (Fsp3) is 0.591. The smallest absolute Gasteiger partial charge is 0.111 e. The molecule has 6 heteroatoms. The number of hydrogen-bond acceptors (Lipinski definition) is 4. The van der Waals surface area contributed by atoms with Crippen LogP contribution in [0.1, 0.15) is 43.9 Å². The zero-order valence-corrected chi connectivity index (χ0v) is 16.9. The van der Waals surface area contributed by atoms with Crippen LogP contribution in [-0.4, -0.2) is 58.5 Å². The summed E-state index contributed by atoms with van der Waals surface area (Å²) in [5, 5.41) is 11.0. The largest absolute Gasteiger partial charge is 0.379 e. The molecule has 1 saturated heterocycles. The molecule has 1 atom stereocenters. The molecular weight excluding hydrogens is 350 g/mol. The minimum Gasteiger partial charge on any atom is -0.379 e. The van der Waals surface area contributed by atoms with Gasteiger partial charge in [0.2, 0.25) is 0 Å². The van der Waals surface area contributed by atoms with Gasteiger partial charge in [-0.15, -0.1) is 0 Å². The number of rotatable bonds is 3. The fourth-order valence-corrected chi connectivity index (χ4v) is 5.33. The van der Waals surface area contributed by atoms with Crippen molar-refractivity contribution >= 4 is 11.9 Å². The molecule has 5 rings (SSSR count). The lowest BCUT2D eigenvalue weighted by Crippen LogP contribution is -2.45. The molecule has 2 aromatic heterocycles. The van der Waals surface area contributed by atoms with E-state index in [2.05, 4.69) is 51.5 Å². The van der Waals surface area contributed by atoms with Crippen LogP contribution in [0.2, 0.25) is 0 Å². The lowest BCUT2D eigenvalue weighted by atomic mass is 9.77. The van der Waals surface area contributed by atoms with E-state index >= 15 is 0 Å². The number of ether oxygens (including phenoxy) is 1. The molecule has 0 radical (unpaired) electrons. The van der Waals surface area contributed by atoms with Crippen LogP contribution in [0.25, 0.3) is 17.2 Å². The molecule has 1 saturated carbocycles. The van der Waals surface area contributed by atoms with E-state index in [9.17, 15) is 0 Å². The summed E-state index contributed by atoms with van der Waals surface area (Å²) in [7, 11) is 0. The quantitative estimate of drug-likeness (QED) is 0.756. The molecule has 150 valence electrons. The highest BCUT2D eigenvalue weighted by atomic mass is 16.5. The monoisotopic (exact) mass is 381 g/mol. The van der Waals surface area contributed by atoms with E-state index < -0.39 is 0 Å². The van der Waals surface area contributed by atoms with Gasteiger partial charge in [0.05, 0.1) is 19.4 Å². The minimum absolute atomic E-state index is 0.384. The van der Waals surface area contributed by atoms with Gasteiger partial charge in [-0.3, -0.25) is 10.00 Å². The van der Waals surface area contributed by atoms with Crippen molar-refractivity contribution < 1.29 is 4.74 Å². The number of anilines is 1. The van der Waals surface area contributed by atoms with Crippen LogP contribution < -0.4 is 5.32 Å². The summed E-state index contributed by atoms with van der Waals surface area (Å²) >= 11 is 0. The molecule has 3 N–H and O–H groups in total. The molecule has 0 spiro atoms. The highest BCUT2D eigenvalue weighted by Crippen LogP contribution is 2.41. The average Bonchev–Trinajstić information content (AvgIpc) is 3.33. The standard InChI is InChI=1S/C22H31N5O/c1-14-18(16-3-5-17(6-4-16)27-7-9-28-10-8-27)11-19-21(12-23-22(19)25-14)20-13-24-26-15(20)2/h11-14,16-17,23,25H,3-10H2,1-2H3,(H,24,26). The summed E-state index contributed by atoms with van der Waals surface area (Å²) in [4.78, 5) is 6.08. The van der Waals surface area contributed by atoms with Gasteiger partial charge < -0.3 is 15.0 Å². The average molecular weight is 382 g/mol. The Balaban J connectivity index is 1.35. The summed E-state index contributed by atoms with van der Waals surface area (Å²) in [5.41, 5.74) is 6.38. The first-order valence-electron chi connectivity index (χ1n) is 10.7. The summed E-state index contributed by atoms with van der Waals surface area (Å²) in [5.74, 6) is 1.81.